The van der Waals surface area contributed by atoms with E-state index in [-0.39, 0.29) is 11.6 Å². The van der Waals surface area contributed by atoms with Crippen molar-refractivity contribution in [1.29, 1.82) is 5.26 Å². The molecule has 1 aromatic carbocycles. The van der Waals surface area contributed by atoms with Gasteiger partial charge in [0.2, 0.25) is 10.0 Å². The minimum Gasteiger partial charge on any atom is -0.479 e. The lowest BCUT2D eigenvalue weighted by molar-refractivity contribution is 0.162. The number of anilines is 1. The maximum absolute atomic E-state index is 13.5. The Morgan fingerprint density at radius 3 is 2.58 bits per heavy atom. The summed E-state index contributed by atoms with van der Waals surface area (Å²) in [5.74, 6) is 3.60. The molecular weight excluding hydrogens is 515 g/mol. The fraction of sp³-hybridized carbons (Fsp3) is 0.571. The zero-order valence-electron chi connectivity index (χ0n) is 22.8. The van der Waals surface area contributed by atoms with E-state index >= 15 is 0 Å². The van der Waals surface area contributed by atoms with E-state index in [4.69, 9.17) is 15.0 Å². The Labute approximate surface area is 232 Å². The maximum atomic E-state index is 13.5. The summed E-state index contributed by atoms with van der Waals surface area (Å²) in [5, 5.41) is 13.3. The van der Waals surface area contributed by atoms with Gasteiger partial charge in [-0.25, -0.2) is 23.4 Å². The number of thiazole rings is 1. The summed E-state index contributed by atoms with van der Waals surface area (Å²) < 4.78 is 35.8. The Morgan fingerprint density at radius 1 is 1.21 bits per heavy atom. The van der Waals surface area contributed by atoms with E-state index in [1.54, 1.807) is 17.4 Å². The number of aromatic nitrogens is 1. The van der Waals surface area contributed by atoms with Gasteiger partial charge in [-0.15, -0.1) is 11.3 Å². The van der Waals surface area contributed by atoms with Crippen molar-refractivity contribution in [2.75, 3.05) is 11.9 Å². The predicted octanol–water partition coefficient (Wildman–Crippen LogP) is 6.80. The van der Waals surface area contributed by atoms with Crippen LogP contribution in [-0.4, -0.2) is 32.3 Å². The van der Waals surface area contributed by atoms with Gasteiger partial charge in [0.25, 0.3) is 6.71 Å². The van der Waals surface area contributed by atoms with Crippen LogP contribution in [0.2, 0.25) is 12.6 Å². The highest BCUT2D eigenvalue weighted by atomic mass is 32.2. The molecule has 0 amide bonds. The van der Waals surface area contributed by atoms with Gasteiger partial charge < -0.3 is 10.1 Å². The van der Waals surface area contributed by atoms with E-state index < -0.39 is 15.6 Å². The van der Waals surface area contributed by atoms with E-state index in [0.717, 1.165) is 48.2 Å². The molecule has 0 unspecified atom stereocenters. The first-order valence-corrected chi connectivity index (χ1v) is 16.0. The zero-order valence-corrected chi connectivity index (χ0v) is 24.4. The molecule has 2 fully saturated rings. The Hall–Kier alpha value is -2.35. The summed E-state index contributed by atoms with van der Waals surface area (Å²) in [6, 6.07) is 5.35. The SMILES string of the molecule is C=C(Nc1ccc(-c2cnc(C3CCCCC3)s2)c(S(=O)(=O)NC(C)(C)C)c1)OCC1CCB(C#N)CC1. The first kappa shape index (κ1) is 28.7. The fourth-order valence-electron chi connectivity index (χ4n) is 5.31. The van der Waals surface area contributed by atoms with E-state index in [1.165, 1.54) is 19.3 Å². The number of rotatable bonds is 9. The third-order valence-corrected chi connectivity index (χ3v) is 10.3. The molecule has 2 aromatic rings. The second-order valence-corrected chi connectivity index (χ2v) is 14.4. The van der Waals surface area contributed by atoms with Gasteiger partial charge in [-0.3, -0.25) is 0 Å². The summed E-state index contributed by atoms with van der Waals surface area (Å²) in [6.07, 6.45) is 11.6. The Morgan fingerprint density at radius 2 is 1.92 bits per heavy atom. The van der Waals surface area contributed by atoms with E-state index in [0.29, 0.717) is 35.6 Å². The molecule has 1 aromatic heterocycles. The van der Waals surface area contributed by atoms with Crippen molar-refractivity contribution in [2.24, 2.45) is 5.92 Å². The van der Waals surface area contributed by atoms with Gasteiger partial charge in [0, 0.05) is 34.9 Å². The van der Waals surface area contributed by atoms with Crippen LogP contribution in [0.4, 0.5) is 5.69 Å². The number of nitriles is 1. The molecular formula is C28H39BN4O3S2. The molecule has 204 valence electrons. The lowest BCUT2D eigenvalue weighted by Gasteiger charge is -2.24. The number of ether oxygens (including phenoxy) is 1. The molecule has 2 N–H and O–H groups in total. The van der Waals surface area contributed by atoms with Crippen LogP contribution in [0.3, 0.4) is 0 Å². The molecule has 38 heavy (non-hydrogen) atoms. The van der Waals surface area contributed by atoms with Crippen molar-refractivity contribution < 1.29 is 13.2 Å². The second kappa shape index (κ2) is 12.2. The van der Waals surface area contributed by atoms with Crippen LogP contribution >= 0.6 is 11.3 Å². The van der Waals surface area contributed by atoms with Gasteiger partial charge in [0.15, 0.2) is 5.88 Å². The van der Waals surface area contributed by atoms with E-state index in [9.17, 15) is 8.42 Å². The topological polar surface area (TPSA) is 104 Å². The maximum Gasteiger partial charge on any atom is 0.267 e. The second-order valence-electron chi connectivity index (χ2n) is 11.7. The largest absolute Gasteiger partial charge is 0.479 e. The highest BCUT2D eigenvalue weighted by Gasteiger charge is 2.28. The molecule has 0 atom stereocenters. The summed E-state index contributed by atoms with van der Waals surface area (Å²) in [5.41, 5.74) is 0.614. The van der Waals surface area contributed by atoms with E-state index in [2.05, 4.69) is 22.6 Å². The van der Waals surface area contributed by atoms with Crippen molar-refractivity contribution in [3.05, 3.63) is 41.9 Å². The molecule has 2 aliphatic rings. The zero-order chi connectivity index (χ0) is 27.3. The van der Waals surface area contributed by atoms with Crippen molar-refractivity contribution in [1.82, 2.24) is 9.71 Å². The number of nitrogens with zero attached hydrogens (tertiary/aromatic N) is 2. The highest BCUT2D eigenvalue weighted by Crippen LogP contribution is 2.40. The van der Waals surface area contributed by atoms with Gasteiger partial charge in [0.05, 0.1) is 21.4 Å². The summed E-state index contributed by atoms with van der Waals surface area (Å²) in [7, 11) is -3.82. The summed E-state index contributed by atoms with van der Waals surface area (Å²) >= 11 is 1.60. The van der Waals surface area contributed by atoms with Crippen molar-refractivity contribution >= 4 is 33.8 Å². The highest BCUT2D eigenvalue weighted by molar-refractivity contribution is 7.89. The summed E-state index contributed by atoms with van der Waals surface area (Å²) in [6.45, 7) is 10.2. The van der Waals surface area contributed by atoms with Crippen molar-refractivity contribution in [3.8, 4) is 16.4 Å². The third-order valence-electron chi connectivity index (χ3n) is 7.26. The smallest absolute Gasteiger partial charge is 0.267 e. The number of nitrogens with one attached hydrogen (secondary N) is 2. The van der Waals surface area contributed by atoms with Crippen LogP contribution in [0, 0.1) is 17.1 Å². The molecule has 1 saturated carbocycles. The van der Waals surface area contributed by atoms with E-state index in [1.807, 2.05) is 39.1 Å². The Bertz CT molecular complexity index is 1270. The van der Waals surface area contributed by atoms with Crippen molar-refractivity contribution in [3.63, 3.8) is 0 Å². The number of hydrogen-bond donors (Lipinski definition) is 2. The Balaban J connectivity index is 1.52. The number of hydrogen-bond acceptors (Lipinski definition) is 7. The first-order valence-electron chi connectivity index (χ1n) is 13.7. The molecule has 1 aliphatic heterocycles. The lowest BCUT2D eigenvalue weighted by Crippen LogP contribution is -2.40. The molecule has 0 spiro atoms. The minimum absolute atomic E-state index is 0.158. The van der Waals surface area contributed by atoms with Crippen LogP contribution < -0.4 is 10.0 Å². The van der Waals surface area contributed by atoms with Gasteiger partial charge in [0.1, 0.15) is 0 Å². The molecule has 2 heterocycles. The average Bonchev–Trinajstić information content (AvgIpc) is 3.37. The normalized spacial score (nSPS) is 17.7. The molecule has 1 saturated heterocycles. The van der Waals surface area contributed by atoms with Gasteiger partial charge in [-0.05, 0) is 58.2 Å². The van der Waals surface area contributed by atoms with Gasteiger partial charge in [-0.1, -0.05) is 50.8 Å². The molecule has 4 rings (SSSR count). The van der Waals surface area contributed by atoms with Crippen LogP contribution in [0.1, 0.15) is 76.6 Å². The lowest BCUT2D eigenvalue weighted by atomic mass is 9.42. The number of sulfonamides is 1. The fourth-order valence-corrected chi connectivity index (χ4v) is 8.17. The predicted molar refractivity (Wildman–Crippen MR) is 156 cm³/mol. The standard InChI is InChI=1S/C28H39BN4O3S2/c1-20(36-18-21-12-14-29(19-30)15-13-21)32-23-10-11-24(26(16-23)38(34,35)33-28(2,3)4)25-17-31-27(37-25)22-8-6-5-7-9-22/h10-11,16-17,21-22,32-33H,1,5-9,12-15,18H2,2-4H3. The quantitative estimate of drug-likeness (QED) is 0.261. The van der Waals surface area contributed by atoms with Crippen LogP contribution in [0.25, 0.3) is 10.4 Å². The average molecular weight is 555 g/mol. The molecule has 0 bridgehead atoms. The third kappa shape index (κ3) is 7.61. The van der Waals surface area contributed by atoms with Crippen molar-refractivity contribution in [2.45, 2.75) is 94.7 Å². The molecule has 1 aliphatic carbocycles. The molecule has 7 nitrogen and oxygen atoms in total. The van der Waals surface area contributed by atoms with Crippen LogP contribution in [-0.2, 0) is 14.8 Å². The Kier molecular flexibility index (Phi) is 9.22. The monoisotopic (exact) mass is 554 g/mol. The van der Waals surface area contributed by atoms with Gasteiger partial charge in [-0.2, -0.15) is 0 Å². The van der Waals surface area contributed by atoms with Gasteiger partial charge >= 0.3 is 0 Å². The minimum atomic E-state index is -3.82. The van der Waals surface area contributed by atoms with Crippen LogP contribution in [0.5, 0.6) is 0 Å². The molecule has 0 radical (unpaired) electrons. The molecule has 10 heteroatoms. The number of benzene rings is 1. The van der Waals surface area contributed by atoms with Crippen LogP contribution in [0.15, 0.2) is 41.8 Å². The first-order chi connectivity index (χ1) is 18.0. The summed E-state index contributed by atoms with van der Waals surface area (Å²) in [4.78, 5) is 5.76.